The summed E-state index contributed by atoms with van der Waals surface area (Å²) in [7, 11) is 1.65. The number of aryl methyl sites for hydroxylation is 1. The summed E-state index contributed by atoms with van der Waals surface area (Å²) in [5.74, 6) is 1.55. The van der Waals surface area contributed by atoms with Gasteiger partial charge in [-0.2, -0.15) is 0 Å². The highest BCUT2D eigenvalue weighted by atomic mass is 35.5. The standard InChI is InChI=1S/C14H16ClN3O/c1-8-7-11(19-4)5-6-12(8)16-14-10(3)9(2)13(15)17-18-14/h5-7H,1-4H3,(H,16,18). The van der Waals surface area contributed by atoms with Gasteiger partial charge in [0, 0.05) is 5.69 Å². The fourth-order valence-electron chi connectivity index (χ4n) is 1.73. The van der Waals surface area contributed by atoms with Gasteiger partial charge >= 0.3 is 0 Å². The summed E-state index contributed by atoms with van der Waals surface area (Å²) in [6, 6.07) is 5.83. The molecule has 0 radical (unpaired) electrons. The van der Waals surface area contributed by atoms with Crippen LogP contribution in [0.4, 0.5) is 11.5 Å². The van der Waals surface area contributed by atoms with Crippen molar-refractivity contribution in [2.75, 3.05) is 12.4 Å². The van der Waals surface area contributed by atoms with Gasteiger partial charge < -0.3 is 10.1 Å². The van der Waals surface area contributed by atoms with E-state index in [-0.39, 0.29) is 0 Å². The Kier molecular flexibility index (Phi) is 3.90. The lowest BCUT2D eigenvalue weighted by Crippen LogP contribution is -2.02. The molecule has 1 aromatic carbocycles. The fraction of sp³-hybridized carbons (Fsp3) is 0.286. The molecule has 0 bridgehead atoms. The van der Waals surface area contributed by atoms with Gasteiger partial charge in [-0.3, -0.25) is 0 Å². The highest BCUT2D eigenvalue weighted by molar-refractivity contribution is 6.30. The predicted octanol–water partition coefficient (Wildman–Crippen LogP) is 3.81. The van der Waals surface area contributed by atoms with E-state index < -0.39 is 0 Å². The first-order chi connectivity index (χ1) is 9.02. The molecular formula is C14H16ClN3O. The molecule has 0 fully saturated rings. The molecule has 0 amide bonds. The molecule has 2 aromatic rings. The average molecular weight is 278 g/mol. The molecule has 0 aliphatic carbocycles. The first-order valence-electron chi connectivity index (χ1n) is 5.94. The molecule has 4 nitrogen and oxygen atoms in total. The normalized spacial score (nSPS) is 10.4. The van der Waals surface area contributed by atoms with Crippen molar-refractivity contribution in [1.29, 1.82) is 0 Å². The van der Waals surface area contributed by atoms with Crippen LogP contribution in [-0.4, -0.2) is 17.3 Å². The highest BCUT2D eigenvalue weighted by Crippen LogP contribution is 2.27. The SMILES string of the molecule is COc1ccc(Nc2nnc(Cl)c(C)c2C)c(C)c1. The molecule has 0 spiro atoms. The molecule has 0 atom stereocenters. The lowest BCUT2D eigenvalue weighted by Gasteiger charge is -2.13. The molecule has 100 valence electrons. The summed E-state index contributed by atoms with van der Waals surface area (Å²) < 4.78 is 5.19. The lowest BCUT2D eigenvalue weighted by atomic mass is 10.1. The van der Waals surface area contributed by atoms with Crippen LogP contribution in [-0.2, 0) is 0 Å². The summed E-state index contributed by atoms with van der Waals surface area (Å²) in [6.45, 7) is 5.91. The van der Waals surface area contributed by atoms with E-state index in [2.05, 4.69) is 15.5 Å². The second-order valence-electron chi connectivity index (χ2n) is 4.40. The average Bonchev–Trinajstić information content (AvgIpc) is 2.41. The Morgan fingerprint density at radius 1 is 1.11 bits per heavy atom. The summed E-state index contributed by atoms with van der Waals surface area (Å²) in [4.78, 5) is 0. The number of nitrogens with zero attached hydrogens (tertiary/aromatic N) is 2. The molecule has 1 heterocycles. The highest BCUT2D eigenvalue weighted by Gasteiger charge is 2.09. The molecule has 0 saturated heterocycles. The van der Waals surface area contributed by atoms with Crippen LogP contribution in [0, 0.1) is 20.8 Å². The van der Waals surface area contributed by atoms with E-state index in [4.69, 9.17) is 16.3 Å². The maximum absolute atomic E-state index is 5.94. The van der Waals surface area contributed by atoms with Crippen LogP contribution >= 0.6 is 11.6 Å². The number of methoxy groups -OCH3 is 1. The first kappa shape index (κ1) is 13.6. The Bertz CT molecular complexity index is 614. The van der Waals surface area contributed by atoms with Crippen molar-refractivity contribution in [2.45, 2.75) is 20.8 Å². The van der Waals surface area contributed by atoms with Crippen LogP contribution in [0.3, 0.4) is 0 Å². The molecule has 1 aromatic heterocycles. The summed E-state index contributed by atoms with van der Waals surface area (Å²) in [5.41, 5.74) is 3.98. The van der Waals surface area contributed by atoms with Crippen LogP contribution in [0.15, 0.2) is 18.2 Å². The van der Waals surface area contributed by atoms with Gasteiger partial charge in [-0.1, -0.05) is 11.6 Å². The second kappa shape index (κ2) is 5.45. The van der Waals surface area contributed by atoms with Crippen molar-refractivity contribution in [3.05, 3.63) is 40.0 Å². The van der Waals surface area contributed by atoms with Crippen LogP contribution in [0.5, 0.6) is 5.75 Å². The number of anilines is 2. The zero-order chi connectivity index (χ0) is 14.0. The molecule has 19 heavy (non-hydrogen) atoms. The number of aromatic nitrogens is 2. The van der Waals surface area contributed by atoms with Crippen molar-refractivity contribution in [3.8, 4) is 5.75 Å². The number of nitrogens with one attached hydrogen (secondary N) is 1. The van der Waals surface area contributed by atoms with E-state index in [9.17, 15) is 0 Å². The third kappa shape index (κ3) is 2.79. The van der Waals surface area contributed by atoms with Crippen molar-refractivity contribution < 1.29 is 4.74 Å². The van der Waals surface area contributed by atoms with Gasteiger partial charge in [0.2, 0.25) is 0 Å². The third-order valence-electron chi connectivity index (χ3n) is 3.15. The summed E-state index contributed by atoms with van der Waals surface area (Å²) in [5, 5.41) is 11.7. The maximum Gasteiger partial charge on any atom is 0.156 e. The topological polar surface area (TPSA) is 47.0 Å². The Labute approximate surface area is 117 Å². The number of halogens is 1. The van der Waals surface area contributed by atoms with E-state index in [0.717, 1.165) is 33.9 Å². The van der Waals surface area contributed by atoms with Crippen LogP contribution in [0.25, 0.3) is 0 Å². The van der Waals surface area contributed by atoms with Gasteiger partial charge in [0.05, 0.1) is 7.11 Å². The zero-order valence-electron chi connectivity index (χ0n) is 11.4. The van der Waals surface area contributed by atoms with Gasteiger partial charge in [-0.15, -0.1) is 10.2 Å². The molecule has 0 saturated carbocycles. The van der Waals surface area contributed by atoms with Gasteiger partial charge in [-0.25, -0.2) is 0 Å². The monoisotopic (exact) mass is 277 g/mol. The molecule has 5 heteroatoms. The van der Waals surface area contributed by atoms with Gasteiger partial charge in [0.1, 0.15) is 5.75 Å². The molecule has 0 aliphatic rings. The van der Waals surface area contributed by atoms with Crippen molar-refractivity contribution >= 4 is 23.1 Å². The predicted molar refractivity (Wildman–Crippen MR) is 77.5 cm³/mol. The molecule has 2 rings (SSSR count). The van der Waals surface area contributed by atoms with Crippen LogP contribution in [0.1, 0.15) is 16.7 Å². The van der Waals surface area contributed by atoms with E-state index in [1.807, 2.05) is 39.0 Å². The lowest BCUT2D eigenvalue weighted by molar-refractivity contribution is 0.414. The quantitative estimate of drug-likeness (QED) is 0.927. The van der Waals surface area contributed by atoms with E-state index in [0.29, 0.717) is 5.15 Å². The van der Waals surface area contributed by atoms with Crippen molar-refractivity contribution in [2.24, 2.45) is 0 Å². The fourth-order valence-corrected chi connectivity index (χ4v) is 1.91. The first-order valence-corrected chi connectivity index (χ1v) is 6.31. The minimum atomic E-state index is 0.439. The Morgan fingerprint density at radius 2 is 1.84 bits per heavy atom. The summed E-state index contributed by atoms with van der Waals surface area (Å²) in [6.07, 6.45) is 0. The van der Waals surface area contributed by atoms with Gasteiger partial charge in [0.15, 0.2) is 11.0 Å². The van der Waals surface area contributed by atoms with E-state index >= 15 is 0 Å². The van der Waals surface area contributed by atoms with Crippen LogP contribution < -0.4 is 10.1 Å². The Hall–Kier alpha value is -1.81. The van der Waals surface area contributed by atoms with Crippen molar-refractivity contribution in [1.82, 2.24) is 10.2 Å². The van der Waals surface area contributed by atoms with Gasteiger partial charge in [0.25, 0.3) is 0 Å². The van der Waals surface area contributed by atoms with Gasteiger partial charge in [-0.05, 0) is 55.7 Å². The number of ether oxygens (including phenoxy) is 1. The molecule has 0 aliphatic heterocycles. The Morgan fingerprint density at radius 3 is 2.47 bits per heavy atom. The number of hydrogen-bond acceptors (Lipinski definition) is 4. The minimum Gasteiger partial charge on any atom is -0.497 e. The third-order valence-corrected chi connectivity index (χ3v) is 3.51. The number of rotatable bonds is 3. The van der Waals surface area contributed by atoms with E-state index in [1.165, 1.54) is 0 Å². The molecular weight excluding hydrogens is 262 g/mol. The minimum absolute atomic E-state index is 0.439. The maximum atomic E-state index is 5.94. The molecule has 0 unspecified atom stereocenters. The zero-order valence-corrected chi connectivity index (χ0v) is 12.2. The van der Waals surface area contributed by atoms with Crippen LogP contribution in [0.2, 0.25) is 5.15 Å². The smallest absolute Gasteiger partial charge is 0.156 e. The number of hydrogen-bond donors (Lipinski definition) is 1. The van der Waals surface area contributed by atoms with E-state index in [1.54, 1.807) is 7.11 Å². The number of benzene rings is 1. The van der Waals surface area contributed by atoms with Crippen molar-refractivity contribution in [3.63, 3.8) is 0 Å². The Balaban J connectivity index is 2.34. The summed E-state index contributed by atoms with van der Waals surface area (Å²) >= 11 is 5.94. The largest absolute Gasteiger partial charge is 0.497 e. The second-order valence-corrected chi connectivity index (χ2v) is 4.75. The molecule has 1 N–H and O–H groups in total.